The van der Waals surface area contributed by atoms with Crippen molar-refractivity contribution in [3.05, 3.63) is 69.8 Å². The lowest BCUT2D eigenvalue weighted by molar-refractivity contribution is -0.384. The molecule has 0 aliphatic heterocycles. The van der Waals surface area contributed by atoms with Gasteiger partial charge in [-0.05, 0) is 29.8 Å². The van der Waals surface area contributed by atoms with Crippen molar-refractivity contribution in [3.63, 3.8) is 0 Å². The van der Waals surface area contributed by atoms with E-state index in [-0.39, 0.29) is 23.3 Å². The smallest absolute Gasteiger partial charge is 0.269 e. The van der Waals surface area contributed by atoms with Crippen molar-refractivity contribution in [2.45, 2.75) is 11.4 Å². The number of thioether (sulfide) groups is 1. The van der Waals surface area contributed by atoms with Crippen molar-refractivity contribution in [1.29, 1.82) is 0 Å². The lowest BCUT2D eigenvalue weighted by atomic mass is 10.1. The second-order valence-electron chi connectivity index (χ2n) is 5.09. The number of hydrogen-bond acceptors (Lipinski definition) is 5. The van der Waals surface area contributed by atoms with E-state index in [1.54, 1.807) is 43.4 Å². The Labute approximate surface area is 149 Å². The summed E-state index contributed by atoms with van der Waals surface area (Å²) in [6, 6.07) is 13.0. The summed E-state index contributed by atoms with van der Waals surface area (Å²) in [7, 11) is 1.57. The van der Waals surface area contributed by atoms with Crippen LogP contribution in [0.5, 0.6) is 0 Å². The average molecular weight is 359 g/mol. The fraction of sp³-hybridized carbons (Fsp3) is 0.176. The number of nitrogens with one attached hydrogen (secondary N) is 2. The molecule has 2 N–H and O–H groups in total. The quantitative estimate of drug-likeness (QED) is 0.449. The van der Waals surface area contributed by atoms with Crippen LogP contribution in [-0.4, -0.2) is 29.5 Å². The van der Waals surface area contributed by atoms with Crippen LogP contribution in [0.2, 0.25) is 0 Å². The fourth-order valence-electron chi connectivity index (χ4n) is 1.98. The second-order valence-corrected chi connectivity index (χ2v) is 6.14. The first-order valence-corrected chi connectivity index (χ1v) is 8.43. The number of nitro groups is 1. The zero-order chi connectivity index (χ0) is 18.2. The lowest BCUT2D eigenvalue weighted by Crippen LogP contribution is -2.24. The Balaban J connectivity index is 1.78. The molecular formula is C17H17N3O4S. The molecule has 0 spiro atoms. The van der Waals surface area contributed by atoms with Gasteiger partial charge in [0.25, 0.3) is 11.6 Å². The molecule has 0 unspecified atom stereocenters. The van der Waals surface area contributed by atoms with Crippen molar-refractivity contribution in [2.24, 2.45) is 0 Å². The third-order valence-corrected chi connectivity index (χ3v) is 4.36. The maximum absolute atomic E-state index is 11.9. The Bertz CT molecular complexity index is 760. The highest BCUT2D eigenvalue weighted by molar-refractivity contribution is 8.00. The van der Waals surface area contributed by atoms with Gasteiger partial charge in [-0.25, -0.2) is 0 Å². The molecule has 2 aromatic carbocycles. The molecule has 0 saturated carbocycles. The average Bonchev–Trinajstić information content (AvgIpc) is 2.64. The number of benzene rings is 2. The van der Waals surface area contributed by atoms with E-state index in [9.17, 15) is 19.7 Å². The second kappa shape index (κ2) is 8.84. The number of amides is 2. The molecule has 2 aromatic rings. The number of nitro benzene ring substituents is 1. The molecule has 8 heteroatoms. The minimum atomic E-state index is -0.462. The summed E-state index contributed by atoms with van der Waals surface area (Å²) < 4.78 is 0. The standard InChI is InChI=1S/C17H17N3O4S/c1-18-17(22)13-4-2-12(3-5-13)10-19-16(21)11-25-15-8-6-14(7-9-15)20(23)24/h2-9H,10-11H2,1H3,(H,18,22)(H,19,21). The predicted molar refractivity (Wildman–Crippen MR) is 95.5 cm³/mol. The van der Waals surface area contributed by atoms with E-state index in [2.05, 4.69) is 10.6 Å². The maximum atomic E-state index is 11.9. The summed E-state index contributed by atoms with van der Waals surface area (Å²) in [5.41, 5.74) is 1.47. The largest absolute Gasteiger partial charge is 0.355 e. The molecule has 0 aliphatic rings. The van der Waals surface area contributed by atoms with Crippen LogP contribution in [0.25, 0.3) is 0 Å². The van der Waals surface area contributed by atoms with E-state index in [1.165, 1.54) is 23.9 Å². The van der Waals surface area contributed by atoms with Crippen molar-refractivity contribution >= 4 is 29.3 Å². The van der Waals surface area contributed by atoms with Gasteiger partial charge in [-0.3, -0.25) is 19.7 Å². The lowest BCUT2D eigenvalue weighted by Gasteiger charge is -2.06. The molecule has 0 aliphatic carbocycles. The minimum absolute atomic E-state index is 0.0222. The Morgan fingerprint density at radius 2 is 1.72 bits per heavy atom. The number of carbonyl (C=O) groups excluding carboxylic acids is 2. The van der Waals surface area contributed by atoms with Crippen LogP contribution in [-0.2, 0) is 11.3 Å². The van der Waals surface area contributed by atoms with Gasteiger partial charge in [-0.2, -0.15) is 0 Å². The summed E-state index contributed by atoms with van der Waals surface area (Å²) in [4.78, 5) is 34.2. The molecular weight excluding hydrogens is 342 g/mol. The van der Waals surface area contributed by atoms with E-state index in [4.69, 9.17) is 0 Å². The highest BCUT2D eigenvalue weighted by atomic mass is 32.2. The molecule has 130 valence electrons. The molecule has 0 bridgehead atoms. The molecule has 0 fully saturated rings. The van der Waals surface area contributed by atoms with Crippen LogP contribution in [0.4, 0.5) is 5.69 Å². The number of hydrogen-bond donors (Lipinski definition) is 2. The maximum Gasteiger partial charge on any atom is 0.269 e. The van der Waals surface area contributed by atoms with Gasteiger partial charge < -0.3 is 10.6 Å². The molecule has 0 heterocycles. The number of carbonyl (C=O) groups is 2. The Morgan fingerprint density at radius 1 is 1.08 bits per heavy atom. The molecule has 7 nitrogen and oxygen atoms in total. The Hall–Kier alpha value is -2.87. The van der Waals surface area contributed by atoms with Gasteiger partial charge in [-0.1, -0.05) is 12.1 Å². The van der Waals surface area contributed by atoms with Gasteiger partial charge in [0.1, 0.15) is 0 Å². The van der Waals surface area contributed by atoms with Crippen molar-refractivity contribution < 1.29 is 14.5 Å². The highest BCUT2D eigenvalue weighted by Gasteiger charge is 2.07. The molecule has 0 radical (unpaired) electrons. The normalized spacial score (nSPS) is 10.1. The van der Waals surface area contributed by atoms with E-state index in [0.29, 0.717) is 12.1 Å². The van der Waals surface area contributed by atoms with Crippen LogP contribution < -0.4 is 10.6 Å². The summed E-state index contributed by atoms with van der Waals surface area (Å²) in [5, 5.41) is 15.9. The summed E-state index contributed by atoms with van der Waals surface area (Å²) >= 11 is 1.31. The van der Waals surface area contributed by atoms with Crippen LogP contribution >= 0.6 is 11.8 Å². The van der Waals surface area contributed by atoms with Gasteiger partial charge in [0.15, 0.2) is 0 Å². The van der Waals surface area contributed by atoms with E-state index >= 15 is 0 Å². The first-order chi connectivity index (χ1) is 12.0. The minimum Gasteiger partial charge on any atom is -0.355 e. The van der Waals surface area contributed by atoms with Crippen molar-refractivity contribution in [2.75, 3.05) is 12.8 Å². The monoisotopic (exact) mass is 359 g/mol. The summed E-state index contributed by atoms with van der Waals surface area (Å²) in [6.07, 6.45) is 0. The Morgan fingerprint density at radius 3 is 2.28 bits per heavy atom. The van der Waals surface area contributed by atoms with Crippen LogP contribution in [0.15, 0.2) is 53.4 Å². The van der Waals surface area contributed by atoms with E-state index < -0.39 is 4.92 Å². The molecule has 0 aromatic heterocycles. The van der Waals surface area contributed by atoms with Gasteiger partial charge in [0, 0.05) is 36.2 Å². The van der Waals surface area contributed by atoms with Gasteiger partial charge in [0.2, 0.25) is 5.91 Å². The molecule has 2 amide bonds. The molecule has 2 rings (SSSR count). The highest BCUT2D eigenvalue weighted by Crippen LogP contribution is 2.21. The molecule has 25 heavy (non-hydrogen) atoms. The third kappa shape index (κ3) is 5.61. The first-order valence-electron chi connectivity index (χ1n) is 7.44. The Kier molecular flexibility index (Phi) is 6.53. The zero-order valence-electron chi connectivity index (χ0n) is 13.5. The van der Waals surface area contributed by atoms with Gasteiger partial charge in [-0.15, -0.1) is 11.8 Å². The van der Waals surface area contributed by atoms with Crippen LogP contribution in [0, 0.1) is 10.1 Å². The SMILES string of the molecule is CNC(=O)c1ccc(CNC(=O)CSc2ccc([N+](=O)[O-])cc2)cc1. The van der Waals surface area contributed by atoms with Crippen molar-refractivity contribution in [1.82, 2.24) is 10.6 Å². The third-order valence-electron chi connectivity index (χ3n) is 3.35. The van der Waals surface area contributed by atoms with Gasteiger partial charge >= 0.3 is 0 Å². The zero-order valence-corrected chi connectivity index (χ0v) is 14.3. The van der Waals surface area contributed by atoms with Gasteiger partial charge in [0.05, 0.1) is 10.7 Å². The van der Waals surface area contributed by atoms with E-state index in [0.717, 1.165) is 10.5 Å². The summed E-state index contributed by atoms with van der Waals surface area (Å²) in [5.74, 6) is -0.0810. The summed E-state index contributed by atoms with van der Waals surface area (Å²) in [6.45, 7) is 0.369. The number of non-ortho nitro benzene ring substituents is 1. The van der Waals surface area contributed by atoms with Crippen LogP contribution in [0.3, 0.4) is 0 Å². The first kappa shape index (κ1) is 18.5. The van der Waals surface area contributed by atoms with E-state index in [1.807, 2.05) is 0 Å². The van der Waals surface area contributed by atoms with Crippen molar-refractivity contribution in [3.8, 4) is 0 Å². The number of nitrogens with zero attached hydrogens (tertiary/aromatic N) is 1. The van der Waals surface area contributed by atoms with Crippen LogP contribution in [0.1, 0.15) is 15.9 Å². The molecule has 0 saturated heterocycles. The topological polar surface area (TPSA) is 101 Å². The number of rotatable bonds is 7. The fourth-order valence-corrected chi connectivity index (χ4v) is 2.71. The molecule has 0 atom stereocenters. The predicted octanol–water partition coefficient (Wildman–Crippen LogP) is 2.36.